The Kier molecular flexibility index (Phi) is 6.77. The van der Waals surface area contributed by atoms with E-state index in [0.29, 0.717) is 17.8 Å². The summed E-state index contributed by atoms with van der Waals surface area (Å²) in [7, 11) is 0. The van der Waals surface area contributed by atoms with Gasteiger partial charge in [-0.1, -0.05) is 13.8 Å². The van der Waals surface area contributed by atoms with E-state index in [2.05, 4.69) is 10.6 Å². The van der Waals surface area contributed by atoms with Crippen molar-refractivity contribution < 1.29 is 14.4 Å². The highest BCUT2D eigenvalue weighted by Gasteiger charge is 2.35. The molecular weight excluding hydrogens is 330 g/mol. The van der Waals surface area contributed by atoms with Gasteiger partial charge in [0.2, 0.25) is 11.8 Å². The lowest BCUT2D eigenvalue weighted by molar-refractivity contribution is -0.129. The monoisotopic (exact) mass is 359 g/mol. The first-order chi connectivity index (χ1) is 12.3. The Hall–Kier alpha value is -2.37. The van der Waals surface area contributed by atoms with Crippen LogP contribution in [0.1, 0.15) is 57.3 Å². The molecule has 0 saturated carbocycles. The molecule has 1 heterocycles. The van der Waals surface area contributed by atoms with Gasteiger partial charge in [0, 0.05) is 36.3 Å². The van der Waals surface area contributed by atoms with E-state index in [1.807, 2.05) is 27.7 Å². The molecule has 1 saturated heterocycles. The highest BCUT2D eigenvalue weighted by atomic mass is 16.2. The lowest BCUT2D eigenvalue weighted by Crippen LogP contribution is -2.34. The number of carbonyl (C=O) groups excluding carboxylic acids is 3. The smallest absolute Gasteiger partial charge is 0.251 e. The maximum atomic E-state index is 12.4. The first-order valence-electron chi connectivity index (χ1n) is 9.36. The summed E-state index contributed by atoms with van der Waals surface area (Å²) in [5.74, 6) is -0.572. The number of nitrogens with zero attached hydrogens (tertiary/aromatic N) is 1. The Morgan fingerprint density at radius 2 is 1.77 bits per heavy atom. The summed E-state index contributed by atoms with van der Waals surface area (Å²) in [4.78, 5) is 38.3. The zero-order chi connectivity index (χ0) is 19.3. The van der Waals surface area contributed by atoms with Gasteiger partial charge in [0.25, 0.3) is 5.91 Å². The van der Waals surface area contributed by atoms with Crippen LogP contribution in [-0.4, -0.2) is 41.2 Å². The van der Waals surface area contributed by atoms with E-state index in [1.54, 1.807) is 29.2 Å². The van der Waals surface area contributed by atoms with E-state index < -0.39 is 0 Å². The van der Waals surface area contributed by atoms with Crippen LogP contribution >= 0.6 is 0 Å². The zero-order valence-electron chi connectivity index (χ0n) is 16.0. The van der Waals surface area contributed by atoms with Gasteiger partial charge in [-0.15, -0.1) is 0 Å². The minimum absolute atomic E-state index is 0.0218. The first-order valence-corrected chi connectivity index (χ1v) is 9.36. The van der Waals surface area contributed by atoms with Gasteiger partial charge < -0.3 is 15.5 Å². The topological polar surface area (TPSA) is 78.5 Å². The summed E-state index contributed by atoms with van der Waals surface area (Å²) in [6.07, 6.45) is 2.04. The van der Waals surface area contributed by atoms with Crippen molar-refractivity contribution in [2.45, 2.75) is 59.0 Å². The zero-order valence-corrected chi connectivity index (χ0v) is 16.0. The molecular formula is C20H29N3O3. The number of carbonyl (C=O) groups is 3. The molecule has 1 fully saturated rings. The third-order valence-corrected chi connectivity index (χ3v) is 4.89. The summed E-state index contributed by atoms with van der Waals surface area (Å²) in [5.41, 5.74) is 1.20. The van der Waals surface area contributed by atoms with Gasteiger partial charge in [-0.3, -0.25) is 14.4 Å². The minimum atomic E-state index is -0.331. The molecule has 1 aliphatic heterocycles. The maximum Gasteiger partial charge on any atom is 0.251 e. The minimum Gasteiger partial charge on any atom is -0.349 e. The second kappa shape index (κ2) is 8.83. The Labute approximate surface area is 155 Å². The SMILES string of the molecule is CCC(CC)NC(=O)c1ccc(NC(=O)C2CC(=O)N(C(C)C)C2)cc1. The fourth-order valence-electron chi connectivity index (χ4n) is 3.12. The summed E-state index contributed by atoms with van der Waals surface area (Å²) in [5, 5.41) is 5.83. The van der Waals surface area contributed by atoms with Crippen LogP contribution in [0, 0.1) is 5.92 Å². The molecule has 26 heavy (non-hydrogen) atoms. The first kappa shape index (κ1) is 19.9. The number of hydrogen-bond donors (Lipinski definition) is 2. The van der Waals surface area contributed by atoms with Crippen LogP contribution in [0.5, 0.6) is 0 Å². The second-order valence-electron chi connectivity index (χ2n) is 7.09. The maximum absolute atomic E-state index is 12.4. The van der Waals surface area contributed by atoms with Crippen molar-refractivity contribution in [1.29, 1.82) is 0 Å². The lowest BCUT2D eigenvalue weighted by atomic mass is 10.1. The Morgan fingerprint density at radius 1 is 1.15 bits per heavy atom. The van der Waals surface area contributed by atoms with Crippen LogP contribution in [0.4, 0.5) is 5.69 Å². The van der Waals surface area contributed by atoms with Gasteiger partial charge in [-0.2, -0.15) is 0 Å². The van der Waals surface area contributed by atoms with Crippen LogP contribution in [0.15, 0.2) is 24.3 Å². The standard InChI is InChI=1S/C20H29N3O3/c1-5-16(6-2)21-19(25)14-7-9-17(10-8-14)22-20(26)15-11-18(24)23(12-15)13(3)4/h7-10,13,15-16H,5-6,11-12H2,1-4H3,(H,21,25)(H,22,26). The molecule has 142 valence electrons. The Balaban J connectivity index is 1.94. The van der Waals surface area contributed by atoms with E-state index in [4.69, 9.17) is 0 Å². The van der Waals surface area contributed by atoms with E-state index in [0.717, 1.165) is 12.8 Å². The van der Waals surface area contributed by atoms with Gasteiger partial charge in [0.15, 0.2) is 0 Å². The second-order valence-corrected chi connectivity index (χ2v) is 7.09. The van der Waals surface area contributed by atoms with Crippen LogP contribution in [0.2, 0.25) is 0 Å². The average molecular weight is 359 g/mol. The number of rotatable bonds is 7. The number of hydrogen-bond acceptors (Lipinski definition) is 3. The molecule has 0 bridgehead atoms. The molecule has 0 spiro atoms. The molecule has 2 N–H and O–H groups in total. The molecule has 1 aromatic carbocycles. The molecule has 1 unspecified atom stereocenters. The fourth-order valence-corrected chi connectivity index (χ4v) is 3.12. The normalized spacial score (nSPS) is 17.1. The van der Waals surface area contributed by atoms with Gasteiger partial charge >= 0.3 is 0 Å². The number of likely N-dealkylation sites (tertiary alicyclic amines) is 1. The predicted octanol–water partition coefficient (Wildman–Crippen LogP) is 2.80. The quantitative estimate of drug-likeness (QED) is 0.786. The molecule has 6 heteroatoms. The van der Waals surface area contributed by atoms with Crippen LogP contribution in [0.3, 0.4) is 0 Å². The predicted molar refractivity (Wildman–Crippen MR) is 102 cm³/mol. The largest absolute Gasteiger partial charge is 0.349 e. The van der Waals surface area contributed by atoms with E-state index in [9.17, 15) is 14.4 Å². The molecule has 0 aliphatic carbocycles. The van der Waals surface area contributed by atoms with Crippen molar-refractivity contribution in [3.8, 4) is 0 Å². The van der Waals surface area contributed by atoms with Crippen molar-refractivity contribution in [2.75, 3.05) is 11.9 Å². The highest BCUT2D eigenvalue weighted by Crippen LogP contribution is 2.22. The van der Waals surface area contributed by atoms with Gasteiger partial charge in [0.05, 0.1) is 5.92 Å². The third-order valence-electron chi connectivity index (χ3n) is 4.89. The molecule has 1 aromatic rings. The summed E-state index contributed by atoms with van der Waals surface area (Å²) < 4.78 is 0. The van der Waals surface area contributed by atoms with Crippen LogP contribution in [0.25, 0.3) is 0 Å². The molecule has 2 rings (SSSR count). The van der Waals surface area contributed by atoms with E-state index in [1.165, 1.54) is 0 Å². The summed E-state index contributed by atoms with van der Waals surface area (Å²) in [6.45, 7) is 8.44. The van der Waals surface area contributed by atoms with Crippen molar-refractivity contribution >= 4 is 23.4 Å². The van der Waals surface area contributed by atoms with Crippen molar-refractivity contribution in [1.82, 2.24) is 10.2 Å². The third kappa shape index (κ3) is 4.84. The summed E-state index contributed by atoms with van der Waals surface area (Å²) >= 11 is 0. The van der Waals surface area contributed by atoms with Crippen molar-refractivity contribution in [2.24, 2.45) is 5.92 Å². The van der Waals surface area contributed by atoms with Crippen LogP contribution < -0.4 is 10.6 Å². The number of nitrogens with one attached hydrogen (secondary N) is 2. The van der Waals surface area contributed by atoms with Gasteiger partial charge in [0.1, 0.15) is 0 Å². The number of anilines is 1. The molecule has 0 radical (unpaired) electrons. The molecule has 3 amide bonds. The lowest BCUT2D eigenvalue weighted by Gasteiger charge is -2.20. The van der Waals surface area contributed by atoms with Crippen molar-refractivity contribution in [3.63, 3.8) is 0 Å². The highest BCUT2D eigenvalue weighted by molar-refractivity contribution is 5.98. The molecule has 1 aliphatic rings. The van der Waals surface area contributed by atoms with Crippen LogP contribution in [-0.2, 0) is 9.59 Å². The average Bonchev–Trinajstić information content (AvgIpc) is 3.02. The summed E-state index contributed by atoms with van der Waals surface area (Å²) in [6, 6.07) is 7.12. The molecule has 1 atom stereocenters. The number of benzene rings is 1. The molecule has 0 aromatic heterocycles. The fraction of sp³-hybridized carbons (Fsp3) is 0.550. The van der Waals surface area contributed by atoms with Gasteiger partial charge in [-0.25, -0.2) is 0 Å². The van der Waals surface area contributed by atoms with E-state index in [-0.39, 0.29) is 42.1 Å². The van der Waals surface area contributed by atoms with Gasteiger partial charge in [-0.05, 0) is 51.0 Å². The van der Waals surface area contributed by atoms with E-state index >= 15 is 0 Å². The Bertz CT molecular complexity index is 651. The number of amides is 3. The van der Waals surface area contributed by atoms with Crippen molar-refractivity contribution in [3.05, 3.63) is 29.8 Å². The molecule has 6 nitrogen and oxygen atoms in total. The Morgan fingerprint density at radius 3 is 2.27 bits per heavy atom.